The van der Waals surface area contributed by atoms with Crippen LogP contribution in [0.4, 0.5) is 0 Å². The van der Waals surface area contributed by atoms with Crippen LogP contribution in [0.2, 0.25) is 0 Å². The van der Waals surface area contributed by atoms with Crippen molar-refractivity contribution in [3.63, 3.8) is 0 Å². The molecule has 16 heavy (non-hydrogen) atoms. The maximum absolute atomic E-state index is 10.2. The molecule has 1 aromatic carbocycles. The van der Waals surface area contributed by atoms with E-state index in [2.05, 4.69) is 26.8 Å². The summed E-state index contributed by atoms with van der Waals surface area (Å²) in [7, 11) is 0. The Hall–Kier alpha value is -1.02. The van der Waals surface area contributed by atoms with Crippen LogP contribution >= 0.6 is 0 Å². The first-order valence-electron chi connectivity index (χ1n) is 6.01. The maximum Gasteiger partial charge on any atom is 0.122 e. The van der Waals surface area contributed by atoms with Gasteiger partial charge in [-0.25, -0.2) is 0 Å². The van der Waals surface area contributed by atoms with E-state index in [1.54, 1.807) is 0 Å². The number of hydrogen-bond acceptors (Lipinski definition) is 2. The molecule has 2 heteroatoms. The second-order valence-electron chi connectivity index (χ2n) is 4.87. The lowest BCUT2D eigenvalue weighted by atomic mass is 9.86. The molecule has 1 unspecified atom stereocenters. The van der Waals surface area contributed by atoms with E-state index in [9.17, 15) is 5.11 Å². The predicted octanol–water partition coefficient (Wildman–Crippen LogP) is 3.28. The molecule has 0 saturated heterocycles. The van der Waals surface area contributed by atoms with Gasteiger partial charge in [0.15, 0.2) is 0 Å². The van der Waals surface area contributed by atoms with Crippen LogP contribution in [0.3, 0.4) is 0 Å². The molecule has 0 aliphatic carbocycles. The molecule has 2 nitrogen and oxygen atoms in total. The van der Waals surface area contributed by atoms with Gasteiger partial charge < -0.3 is 10.8 Å². The third-order valence-electron chi connectivity index (χ3n) is 3.17. The molecule has 0 saturated carbocycles. The van der Waals surface area contributed by atoms with Crippen molar-refractivity contribution in [2.45, 2.75) is 46.0 Å². The second kappa shape index (κ2) is 5.35. The van der Waals surface area contributed by atoms with E-state index in [4.69, 9.17) is 5.73 Å². The third kappa shape index (κ3) is 2.56. The van der Waals surface area contributed by atoms with Gasteiger partial charge in [-0.3, -0.25) is 0 Å². The smallest absolute Gasteiger partial charge is 0.122 e. The summed E-state index contributed by atoms with van der Waals surface area (Å²) in [6.07, 6.45) is 0.913. The topological polar surface area (TPSA) is 46.2 Å². The highest BCUT2D eigenvalue weighted by Gasteiger charge is 2.18. The zero-order valence-corrected chi connectivity index (χ0v) is 10.7. The van der Waals surface area contributed by atoms with Gasteiger partial charge in [0, 0.05) is 5.56 Å². The number of aromatic hydroxyl groups is 1. The van der Waals surface area contributed by atoms with E-state index < -0.39 is 0 Å². The third-order valence-corrected chi connectivity index (χ3v) is 3.17. The Morgan fingerprint density at radius 3 is 2.38 bits per heavy atom. The van der Waals surface area contributed by atoms with Crippen molar-refractivity contribution in [1.29, 1.82) is 0 Å². The minimum atomic E-state index is 0.322. The molecule has 1 atom stereocenters. The van der Waals surface area contributed by atoms with Crippen LogP contribution in [-0.4, -0.2) is 11.7 Å². The molecule has 0 heterocycles. The molecule has 90 valence electrons. The van der Waals surface area contributed by atoms with Crippen LogP contribution in [-0.2, 0) is 0 Å². The predicted molar refractivity (Wildman–Crippen MR) is 69.0 cm³/mol. The fraction of sp³-hybridized carbons (Fsp3) is 0.571. The standard InChI is InChI=1S/C14H23NO/c1-9(2)12-6-5-11(4)14(16)13(12)10(3)7-8-15/h5-6,9-10,16H,7-8,15H2,1-4H3. The number of nitrogens with two attached hydrogens (primary N) is 1. The van der Waals surface area contributed by atoms with Gasteiger partial charge in [-0.1, -0.05) is 32.9 Å². The van der Waals surface area contributed by atoms with Crippen LogP contribution in [0.1, 0.15) is 55.7 Å². The van der Waals surface area contributed by atoms with Crippen LogP contribution in [0.15, 0.2) is 12.1 Å². The summed E-state index contributed by atoms with van der Waals surface area (Å²) in [6, 6.07) is 4.12. The van der Waals surface area contributed by atoms with E-state index in [0.29, 0.717) is 24.1 Å². The van der Waals surface area contributed by atoms with Gasteiger partial charge >= 0.3 is 0 Å². The molecule has 0 bridgehead atoms. The van der Waals surface area contributed by atoms with Gasteiger partial charge in [-0.15, -0.1) is 0 Å². The summed E-state index contributed by atoms with van der Waals surface area (Å²) in [5.41, 5.74) is 8.87. The Morgan fingerprint density at radius 2 is 1.88 bits per heavy atom. The Labute approximate surface area is 98.5 Å². The Morgan fingerprint density at radius 1 is 1.25 bits per heavy atom. The monoisotopic (exact) mass is 221 g/mol. The Bertz CT molecular complexity index is 358. The van der Waals surface area contributed by atoms with Crippen molar-refractivity contribution in [2.24, 2.45) is 5.73 Å². The van der Waals surface area contributed by atoms with Crippen molar-refractivity contribution in [2.75, 3.05) is 6.54 Å². The molecule has 0 fully saturated rings. The van der Waals surface area contributed by atoms with Gasteiger partial charge in [0.1, 0.15) is 5.75 Å². The molecule has 0 aliphatic rings. The quantitative estimate of drug-likeness (QED) is 0.819. The van der Waals surface area contributed by atoms with E-state index >= 15 is 0 Å². The number of benzene rings is 1. The molecule has 0 aliphatic heterocycles. The minimum Gasteiger partial charge on any atom is -0.507 e. The average molecular weight is 221 g/mol. The first-order chi connectivity index (χ1) is 7.49. The van der Waals surface area contributed by atoms with Crippen molar-refractivity contribution in [1.82, 2.24) is 0 Å². The molecule has 0 spiro atoms. The van der Waals surface area contributed by atoms with Crippen LogP contribution in [0.25, 0.3) is 0 Å². The summed E-state index contributed by atoms with van der Waals surface area (Å²) in [4.78, 5) is 0. The van der Waals surface area contributed by atoms with E-state index in [1.807, 2.05) is 13.0 Å². The zero-order valence-electron chi connectivity index (χ0n) is 10.7. The molecule has 1 rings (SSSR count). The second-order valence-corrected chi connectivity index (χ2v) is 4.87. The summed E-state index contributed by atoms with van der Waals surface area (Å²) in [6.45, 7) is 9.04. The lowest BCUT2D eigenvalue weighted by Gasteiger charge is -2.21. The first kappa shape index (κ1) is 13.0. The summed E-state index contributed by atoms with van der Waals surface area (Å²) in [5.74, 6) is 1.20. The Balaban J connectivity index is 3.25. The molecular weight excluding hydrogens is 198 g/mol. The van der Waals surface area contributed by atoms with E-state index in [-0.39, 0.29) is 0 Å². The normalized spacial score (nSPS) is 13.1. The Kier molecular flexibility index (Phi) is 4.36. The number of hydrogen-bond donors (Lipinski definition) is 2. The summed E-state index contributed by atoms with van der Waals surface area (Å²) >= 11 is 0. The highest BCUT2D eigenvalue weighted by molar-refractivity contribution is 5.48. The first-order valence-corrected chi connectivity index (χ1v) is 6.01. The molecule has 0 radical (unpaired) electrons. The van der Waals surface area contributed by atoms with Gasteiger partial charge in [0.2, 0.25) is 0 Å². The summed E-state index contributed by atoms with van der Waals surface area (Å²) < 4.78 is 0. The SMILES string of the molecule is Cc1ccc(C(C)C)c(C(C)CCN)c1O. The van der Waals surface area contributed by atoms with Gasteiger partial charge in [0.05, 0.1) is 0 Å². The van der Waals surface area contributed by atoms with E-state index in [1.165, 1.54) is 5.56 Å². The molecule has 3 N–H and O–H groups in total. The molecule has 1 aromatic rings. The fourth-order valence-electron chi connectivity index (χ4n) is 2.15. The van der Waals surface area contributed by atoms with Crippen molar-refractivity contribution >= 4 is 0 Å². The minimum absolute atomic E-state index is 0.322. The lowest BCUT2D eigenvalue weighted by molar-refractivity contribution is 0.454. The van der Waals surface area contributed by atoms with Crippen LogP contribution in [0.5, 0.6) is 5.75 Å². The maximum atomic E-state index is 10.2. The van der Waals surface area contributed by atoms with Gasteiger partial charge in [-0.05, 0) is 42.9 Å². The van der Waals surface area contributed by atoms with Crippen molar-refractivity contribution in [3.05, 3.63) is 28.8 Å². The number of phenols is 1. The van der Waals surface area contributed by atoms with Gasteiger partial charge in [-0.2, -0.15) is 0 Å². The molecule has 0 amide bonds. The fourth-order valence-corrected chi connectivity index (χ4v) is 2.15. The van der Waals surface area contributed by atoms with Crippen LogP contribution < -0.4 is 5.73 Å². The largest absolute Gasteiger partial charge is 0.507 e. The zero-order chi connectivity index (χ0) is 12.3. The lowest BCUT2D eigenvalue weighted by Crippen LogP contribution is -2.08. The van der Waals surface area contributed by atoms with Crippen LogP contribution in [0, 0.1) is 6.92 Å². The van der Waals surface area contributed by atoms with Crippen molar-refractivity contribution < 1.29 is 5.11 Å². The van der Waals surface area contributed by atoms with Gasteiger partial charge in [0.25, 0.3) is 0 Å². The van der Waals surface area contributed by atoms with E-state index in [0.717, 1.165) is 17.5 Å². The number of phenolic OH excluding ortho intramolecular Hbond substituents is 1. The highest BCUT2D eigenvalue weighted by Crippen LogP contribution is 2.36. The van der Waals surface area contributed by atoms with Crippen molar-refractivity contribution in [3.8, 4) is 5.75 Å². The average Bonchev–Trinajstić information content (AvgIpc) is 2.21. The molecule has 0 aromatic heterocycles. The number of rotatable bonds is 4. The number of aryl methyl sites for hydroxylation is 1. The molecular formula is C14H23NO. The highest BCUT2D eigenvalue weighted by atomic mass is 16.3. The summed E-state index contributed by atoms with van der Waals surface area (Å²) in [5, 5.41) is 10.2.